The molecule has 0 saturated heterocycles. The van der Waals surface area contributed by atoms with Gasteiger partial charge < -0.3 is 0 Å². The van der Waals surface area contributed by atoms with Crippen molar-refractivity contribution in [2.45, 2.75) is 58.0 Å². The molecule has 0 amide bonds. The Morgan fingerprint density at radius 2 is 1.92 bits per heavy atom. The van der Waals surface area contributed by atoms with Crippen LogP contribution in [0.15, 0.2) is 0 Å². The van der Waals surface area contributed by atoms with Crippen molar-refractivity contribution in [2.24, 2.45) is 0 Å². The van der Waals surface area contributed by atoms with Gasteiger partial charge in [-0.15, -0.1) is 0 Å². The van der Waals surface area contributed by atoms with Crippen LogP contribution in [0, 0.1) is 0 Å². The summed E-state index contributed by atoms with van der Waals surface area (Å²) >= 11 is 6.18. The zero-order chi connectivity index (χ0) is 9.68. The van der Waals surface area contributed by atoms with Crippen molar-refractivity contribution < 1.29 is 0 Å². The molecule has 0 atom stereocenters. The molecule has 0 aliphatic heterocycles. The highest BCUT2D eigenvalue weighted by atomic mass is 32.2. The molecule has 1 nitrogen and oxygen atoms in total. The molecule has 0 aromatic rings. The average Bonchev–Trinajstić information content (AvgIpc) is 2.15. The summed E-state index contributed by atoms with van der Waals surface area (Å²) in [6, 6.07) is 1.46. The number of rotatable bonds is 4. The first kappa shape index (κ1) is 11.7. The van der Waals surface area contributed by atoms with Crippen LogP contribution in [-0.4, -0.2) is 21.5 Å². The minimum absolute atomic E-state index is 0.653. The minimum Gasteiger partial charge on any atom is -0.244 e. The van der Waals surface area contributed by atoms with Crippen LogP contribution in [0.2, 0.25) is 0 Å². The molecule has 0 bridgehead atoms. The van der Waals surface area contributed by atoms with E-state index in [1.807, 2.05) is 11.9 Å². The van der Waals surface area contributed by atoms with Gasteiger partial charge in [0, 0.05) is 12.1 Å². The van der Waals surface area contributed by atoms with Gasteiger partial charge in [-0.2, -0.15) is 12.6 Å². The van der Waals surface area contributed by atoms with E-state index < -0.39 is 0 Å². The first-order valence-electron chi connectivity index (χ1n) is 5.28. The lowest BCUT2D eigenvalue weighted by Crippen LogP contribution is -2.36. The fourth-order valence-electron chi connectivity index (χ4n) is 2.08. The molecule has 1 aliphatic carbocycles. The summed E-state index contributed by atoms with van der Waals surface area (Å²) < 4.78 is 2.55. The highest BCUT2D eigenvalue weighted by Gasteiger charge is 2.22. The second kappa shape index (κ2) is 6.20. The van der Waals surface area contributed by atoms with E-state index in [0.717, 1.165) is 11.1 Å². The van der Waals surface area contributed by atoms with Crippen LogP contribution in [-0.2, 0) is 0 Å². The Balaban J connectivity index is 2.41. The first-order chi connectivity index (χ1) is 6.25. The second-order valence-corrected chi connectivity index (χ2v) is 5.72. The molecule has 1 aliphatic rings. The van der Waals surface area contributed by atoms with E-state index in [9.17, 15) is 0 Å². The summed E-state index contributed by atoms with van der Waals surface area (Å²) in [6.07, 6.45) is 7.05. The molecule has 13 heavy (non-hydrogen) atoms. The highest BCUT2D eigenvalue weighted by molar-refractivity contribution is 8.07. The van der Waals surface area contributed by atoms with Crippen molar-refractivity contribution in [2.75, 3.05) is 5.08 Å². The first-order valence-corrected chi connectivity index (χ1v) is 6.85. The molecule has 78 valence electrons. The van der Waals surface area contributed by atoms with Crippen LogP contribution in [0.4, 0.5) is 0 Å². The summed E-state index contributed by atoms with van der Waals surface area (Å²) in [4.78, 5) is 0. The zero-order valence-corrected chi connectivity index (χ0v) is 10.4. The van der Waals surface area contributed by atoms with Crippen LogP contribution in [0.3, 0.4) is 0 Å². The largest absolute Gasteiger partial charge is 0.244 e. The molecular formula is C10H21NS2. The van der Waals surface area contributed by atoms with E-state index in [0.29, 0.717) is 6.04 Å². The van der Waals surface area contributed by atoms with Crippen LogP contribution in [0.1, 0.15) is 46.0 Å². The molecule has 3 heteroatoms. The molecule has 0 unspecified atom stereocenters. The SMILES string of the molecule is CC(C)N(SCS)C1CCCCC1. The summed E-state index contributed by atoms with van der Waals surface area (Å²) in [5, 5.41) is 0.911. The third kappa shape index (κ3) is 3.72. The Morgan fingerprint density at radius 1 is 1.31 bits per heavy atom. The van der Waals surface area contributed by atoms with E-state index in [4.69, 9.17) is 0 Å². The maximum Gasteiger partial charge on any atom is 0.0509 e. The van der Waals surface area contributed by atoms with Gasteiger partial charge in [-0.3, -0.25) is 0 Å². The number of thiol groups is 1. The van der Waals surface area contributed by atoms with Crippen molar-refractivity contribution in [1.82, 2.24) is 4.31 Å². The molecule has 1 rings (SSSR count). The van der Waals surface area contributed by atoms with Crippen LogP contribution in [0.5, 0.6) is 0 Å². The lowest BCUT2D eigenvalue weighted by atomic mass is 9.95. The maximum atomic E-state index is 4.30. The summed E-state index contributed by atoms with van der Waals surface area (Å²) in [5.74, 6) is 0. The monoisotopic (exact) mass is 219 g/mol. The molecule has 0 spiro atoms. The van der Waals surface area contributed by atoms with Gasteiger partial charge in [-0.25, -0.2) is 4.31 Å². The fourth-order valence-corrected chi connectivity index (χ4v) is 3.33. The van der Waals surface area contributed by atoms with Gasteiger partial charge in [0.05, 0.1) is 5.08 Å². The van der Waals surface area contributed by atoms with Gasteiger partial charge in [-0.1, -0.05) is 31.2 Å². The molecule has 0 aromatic carbocycles. The number of hydrogen-bond acceptors (Lipinski definition) is 3. The predicted octanol–water partition coefficient (Wildman–Crippen LogP) is 3.57. The average molecular weight is 219 g/mol. The molecular weight excluding hydrogens is 198 g/mol. The van der Waals surface area contributed by atoms with Gasteiger partial charge in [0.25, 0.3) is 0 Å². The van der Waals surface area contributed by atoms with Crippen molar-refractivity contribution in [3.8, 4) is 0 Å². The van der Waals surface area contributed by atoms with Crippen LogP contribution >= 0.6 is 24.6 Å². The number of hydrogen-bond donors (Lipinski definition) is 1. The smallest absolute Gasteiger partial charge is 0.0509 e. The van der Waals surface area contributed by atoms with Crippen LogP contribution in [0.25, 0.3) is 0 Å². The summed E-state index contributed by atoms with van der Waals surface area (Å²) in [6.45, 7) is 4.57. The summed E-state index contributed by atoms with van der Waals surface area (Å²) in [7, 11) is 0. The molecule has 0 heterocycles. The van der Waals surface area contributed by atoms with E-state index in [1.54, 1.807) is 0 Å². The lowest BCUT2D eigenvalue weighted by Gasteiger charge is -2.35. The van der Waals surface area contributed by atoms with Crippen molar-refractivity contribution in [3.05, 3.63) is 0 Å². The standard InChI is InChI=1S/C10H21NS2/c1-9(2)11(13-8-12)10-6-4-3-5-7-10/h9-10,12H,3-8H2,1-2H3. The Hall–Kier alpha value is 0.660. The quantitative estimate of drug-likeness (QED) is 0.437. The number of nitrogens with zero attached hydrogens (tertiary/aromatic N) is 1. The molecule has 1 saturated carbocycles. The lowest BCUT2D eigenvalue weighted by molar-refractivity contribution is 0.239. The Labute approximate surface area is 92.2 Å². The molecule has 0 N–H and O–H groups in total. The van der Waals surface area contributed by atoms with E-state index in [2.05, 4.69) is 30.8 Å². The fraction of sp³-hybridized carbons (Fsp3) is 1.00. The zero-order valence-electron chi connectivity index (χ0n) is 8.70. The van der Waals surface area contributed by atoms with Crippen molar-refractivity contribution in [3.63, 3.8) is 0 Å². The second-order valence-electron chi connectivity index (χ2n) is 4.00. The third-order valence-corrected chi connectivity index (χ3v) is 4.13. The normalized spacial score (nSPS) is 20.1. The Bertz CT molecular complexity index is 133. The molecule has 0 radical (unpaired) electrons. The maximum absolute atomic E-state index is 4.30. The van der Waals surface area contributed by atoms with E-state index in [-0.39, 0.29) is 0 Å². The van der Waals surface area contributed by atoms with Crippen molar-refractivity contribution in [1.29, 1.82) is 0 Å². The third-order valence-electron chi connectivity index (χ3n) is 2.65. The van der Waals surface area contributed by atoms with Crippen LogP contribution < -0.4 is 0 Å². The van der Waals surface area contributed by atoms with E-state index in [1.165, 1.54) is 32.1 Å². The molecule has 1 fully saturated rings. The highest BCUT2D eigenvalue weighted by Crippen LogP contribution is 2.29. The Kier molecular flexibility index (Phi) is 5.60. The van der Waals surface area contributed by atoms with Gasteiger partial charge in [0.1, 0.15) is 0 Å². The van der Waals surface area contributed by atoms with Crippen molar-refractivity contribution >= 4 is 24.6 Å². The molecule has 0 aromatic heterocycles. The van der Waals surface area contributed by atoms with Gasteiger partial charge in [0.2, 0.25) is 0 Å². The van der Waals surface area contributed by atoms with Gasteiger partial charge in [-0.05, 0) is 26.7 Å². The van der Waals surface area contributed by atoms with Gasteiger partial charge >= 0.3 is 0 Å². The Morgan fingerprint density at radius 3 is 2.38 bits per heavy atom. The predicted molar refractivity (Wildman–Crippen MR) is 65.3 cm³/mol. The topological polar surface area (TPSA) is 3.24 Å². The summed E-state index contributed by atoms with van der Waals surface area (Å²) in [5.41, 5.74) is 0. The minimum atomic E-state index is 0.653. The van der Waals surface area contributed by atoms with Gasteiger partial charge in [0.15, 0.2) is 0 Å². The van der Waals surface area contributed by atoms with E-state index >= 15 is 0 Å².